The van der Waals surface area contributed by atoms with Gasteiger partial charge in [0.2, 0.25) is 0 Å². The predicted molar refractivity (Wildman–Crippen MR) is 42.4 cm³/mol. The molecule has 2 N–H and O–H groups in total. The van der Waals surface area contributed by atoms with Crippen LogP contribution in [0.3, 0.4) is 0 Å². The fraction of sp³-hybridized carbons (Fsp3) is 0.429. The van der Waals surface area contributed by atoms with E-state index in [-0.39, 0.29) is 5.56 Å². The minimum atomic E-state index is -1.17. The minimum absolute atomic E-state index is 0.153. The second-order valence-corrected chi connectivity index (χ2v) is 2.49. The zero-order valence-corrected chi connectivity index (χ0v) is 6.92. The number of aromatic carboxylic acids is 1. The van der Waals surface area contributed by atoms with Crippen molar-refractivity contribution in [3.05, 3.63) is 21.6 Å². The fourth-order valence-corrected chi connectivity index (χ4v) is 1.08. The maximum Gasteiger partial charge on any atom is 0.343 e. The van der Waals surface area contributed by atoms with Crippen molar-refractivity contribution >= 4 is 5.97 Å². The highest BCUT2D eigenvalue weighted by atomic mass is 16.4. The van der Waals surface area contributed by atoms with Crippen molar-refractivity contribution in [1.82, 2.24) is 9.78 Å². The van der Waals surface area contributed by atoms with Gasteiger partial charge in [-0.3, -0.25) is 14.6 Å². The second-order valence-electron chi connectivity index (χ2n) is 2.49. The zero-order valence-electron chi connectivity index (χ0n) is 6.92. The number of nitrogens with zero attached hydrogens (tertiary/aromatic N) is 1. The molecule has 0 spiro atoms. The SMILES string of the molecule is CCc1[nH]n(C)c(=O)c1C(=O)O. The van der Waals surface area contributed by atoms with Gasteiger partial charge in [-0.05, 0) is 6.42 Å². The molecule has 0 aromatic carbocycles. The number of rotatable bonds is 2. The molecular formula is C7H10N2O3. The molecule has 0 aliphatic rings. The largest absolute Gasteiger partial charge is 0.477 e. The third kappa shape index (κ3) is 1.13. The number of carboxylic acid groups (broad SMARTS) is 1. The van der Waals surface area contributed by atoms with Crippen LogP contribution in [0.5, 0.6) is 0 Å². The molecule has 0 aliphatic carbocycles. The van der Waals surface area contributed by atoms with Crippen LogP contribution < -0.4 is 5.56 Å². The molecule has 66 valence electrons. The Morgan fingerprint density at radius 3 is 2.58 bits per heavy atom. The van der Waals surface area contributed by atoms with Gasteiger partial charge in [0.15, 0.2) is 0 Å². The van der Waals surface area contributed by atoms with Crippen LogP contribution in [0.15, 0.2) is 4.79 Å². The normalized spacial score (nSPS) is 10.2. The summed E-state index contributed by atoms with van der Waals surface area (Å²) < 4.78 is 1.17. The molecule has 12 heavy (non-hydrogen) atoms. The van der Waals surface area contributed by atoms with E-state index in [4.69, 9.17) is 5.11 Å². The van der Waals surface area contributed by atoms with Crippen LogP contribution >= 0.6 is 0 Å². The van der Waals surface area contributed by atoms with E-state index >= 15 is 0 Å². The number of carboxylic acids is 1. The molecule has 0 saturated carbocycles. The average Bonchev–Trinajstić information content (AvgIpc) is 2.28. The Labute approximate surface area is 68.6 Å². The molecule has 0 saturated heterocycles. The van der Waals surface area contributed by atoms with Crippen molar-refractivity contribution < 1.29 is 9.90 Å². The minimum Gasteiger partial charge on any atom is -0.477 e. The Morgan fingerprint density at radius 1 is 1.67 bits per heavy atom. The first-order chi connectivity index (χ1) is 5.57. The number of aryl methyl sites for hydroxylation is 2. The summed E-state index contributed by atoms with van der Waals surface area (Å²) in [7, 11) is 1.49. The second kappa shape index (κ2) is 2.84. The van der Waals surface area contributed by atoms with Gasteiger partial charge in [0.25, 0.3) is 5.56 Å². The van der Waals surface area contributed by atoms with Gasteiger partial charge >= 0.3 is 5.97 Å². The summed E-state index contributed by atoms with van der Waals surface area (Å²) in [5.74, 6) is -1.17. The zero-order chi connectivity index (χ0) is 9.30. The van der Waals surface area contributed by atoms with Gasteiger partial charge in [-0.2, -0.15) is 0 Å². The summed E-state index contributed by atoms with van der Waals surface area (Å²) in [5.41, 5.74) is -0.172. The fourth-order valence-electron chi connectivity index (χ4n) is 1.08. The first kappa shape index (κ1) is 8.58. The number of aromatic amines is 1. The van der Waals surface area contributed by atoms with Crippen LogP contribution in [0, 0.1) is 0 Å². The van der Waals surface area contributed by atoms with Crippen molar-refractivity contribution in [3.63, 3.8) is 0 Å². The van der Waals surface area contributed by atoms with Gasteiger partial charge in [-0.25, -0.2) is 4.79 Å². The number of hydrogen-bond acceptors (Lipinski definition) is 2. The molecule has 0 radical (unpaired) electrons. The predicted octanol–water partition coefficient (Wildman–Crippen LogP) is -0.0260. The topological polar surface area (TPSA) is 75.1 Å². The molecule has 0 unspecified atom stereocenters. The van der Waals surface area contributed by atoms with Crippen molar-refractivity contribution in [1.29, 1.82) is 0 Å². The first-order valence-corrected chi connectivity index (χ1v) is 3.59. The Hall–Kier alpha value is -1.52. The van der Waals surface area contributed by atoms with Gasteiger partial charge in [-0.1, -0.05) is 6.92 Å². The molecule has 1 heterocycles. The molecule has 1 aromatic rings. The van der Waals surface area contributed by atoms with Crippen molar-refractivity contribution in [3.8, 4) is 0 Å². The van der Waals surface area contributed by atoms with E-state index in [2.05, 4.69) is 5.10 Å². The van der Waals surface area contributed by atoms with E-state index < -0.39 is 11.5 Å². The molecule has 0 bridgehead atoms. The van der Waals surface area contributed by atoms with Gasteiger partial charge in [-0.15, -0.1) is 0 Å². The summed E-state index contributed by atoms with van der Waals surface area (Å²) in [4.78, 5) is 21.7. The Bertz CT molecular complexity index is 361. The van der Waals surface area contributed by atoms with E-state index in [0.29, 0.717) is 12.1 Å². The van der Waals surface area contributed by atoms with Crippen molar-refractivity contribution in [2.24, 2.45) is 7.05 Å². The van der Waals surface area contributed by atoms with Gasteiger partial charge in [0, 0.05) is 7.05 Å². The lowest BCUT2D eigenvalue weighted by Crippen LogP contribution is -2.18. The monoisotopic (exact) mass is 170 g/mol. The molecular weight excluding hydrogens is 160 g/mol. The summed E-state index contributed by atoms with van der Waals surface area (Å²) in [6, 6.07) is 0. The molecule has 0 aliphatic heterocycles. The van der Waals surface area contributed by atoms with E-state index in [1.54, 1.807) is 6.92 Å². The highest BCUT2D eigenvalue weighted by Crippen LogP contribution is 2.00. The third-order valence-corrected chi connectivity index (χ3v) is 1.69. The smallest absolute Gasteiger partial charge is 0.343 e. The van der Waals surface area contributed by atoms with Crippen LogP contribution in [0.2, 0.25) is 0 Å². The lowest BCUT2D eigenvalue weighted by Gasteiger charge is -1.90. The van der Waals surface area contributed by atoms with E-state index in [1.165, 1.54) is 11.7 Å². The molecule has 0 atom stereocenters. The summed E-state index contributed by atoms with van der Waals surface area (Å²) in [6.07, 6.45) is 0.512. The Morgan fingerprint density at radius 2 is 2.25 bits per heavy atom. The van der Waals surface area contributed by atoms with E-state index in [1.807, 2.05) is 0 Å². The van der Waals surface area contributed by atoms with Crippen molar-refractivity contribution in [2.75, 3.05) is 0 Å². The van der Waals surface area contributed by atoms with Crippen LogP contribution in [0.1, 0.15) is 23.0 Å². The Kier molecular flexibility index (Phi) is 2.03. The number of nitrogens with one attached hydrogen (secondary N) is 1. The van der Waals surface area contributed by atoms with Crippen LogP contribution in [-0.4, -0.2) is 20.9 Å². The van der Waals surface area contributed by atoms with Crippen LogP contribution in [0.4, 0.5) is 0 Å². The number of hydrogen-bond donors (Lipinski definition) is 2. The number of aromatic nitrogens is 2. The number of H-pyrrole nitrogens is 1. The first-order valence-electron chi connectivity index (χ1n) is 3.59. The highest BCUT2D eigenvalue weighted by molar-refractivity contribution is 5.88. The van der Waals surface area contributed by atoms with E-state index in [0.717, 1.165) is 0 Å². The molecule has 1 aromatic heterocycles. The highest BCUT2D eigenvalue weighted by Gasteiger charge is 2.17. The number of carbonyl (C=O) groups is 1. The summed E-state index contributed by atoms with van der Waals surface area (Å²) >= 11 is 0. The quantitative estimate of drug-likeness (QED) is 0.654. The summed E-state index contributed by atoms with van der Waals surface area (Å²) in [5, 5.41) is 11.3. The van der Waals surface area contributed by atoms with Crippen LogP contribution in [0.25, 0.3) is 0 Å². The average molecular weight is 170 g/mol. The molecule has 0 fully saturated rings. The lowest BCUT2D eigenvalue weighted by atomic mass is 10.2. The maximum atomic E-state index is 11.1. The molecule has 1 rings (SSSR count). The molecule has 5 nitrogen and oxygen atoms in total. The lowest BCUT2D eigenvalue weighted by molar-refractivity contribution is 0.0694. The van der Waals surface area contributed by atoms with E-state index in [9.17, 15) is 9.59 Å². The standard InChI is InChI=1S/C7H10N2O3/c1-3-4-5(7(11)12)6(10)9(2)8-4/h8H,3H2,1-2H3,(H,11,12). The van der Waals surface area contributed by atoms with Gasteiger partial charge in [0.05, 0.1) is 5.69 Å². The third-order valence-electron chi connectivity index (χ3n) is 1.69. The van der Waals surface area contributed by atoms with Crippen molar-refractivity contribution in [2.45, 2.75) is 13.3 Å². The molecule has 5 heteroatoms. The van der Waals surface area contributed by atoms with Gasteiger partial charge in [0.1, 0.15) is 5.56 Å². The molecule has 0 amide bonds. The van der Waals surface area contributed by atoms with Crippen LogP contribution in [-0.2, 0) is 13.5 Å². The van der Waals surface area contributed by atoms with Gasteiger partial charge < -0.3 is 5.11 Å². The maximum absolute atomic E-state index is 11.1. The Balaban J connectivity index is 3.41. The summed E-state index contributed by atoms with van der Waals surface area (Å²) in [6.45, 7) is 1.79.